The molecule has 7 heteroatoms. The third kappa shape index (κ3) is 12.3. The van der Waals surface area contributed by atoms with Gasteiger partial charge in [0.1, 0.15) is 17.5 Å². The summed E-state index contributed by atoms with van der Waals surface area (Å²) in [5.74, 6) is 1.08. The molecule has 0 saturated carbocycles. The van der Waals surface area contributed by atoms with E-state index in [1.165, 1.54) is 89.9 Å². The van der Waals surface area contributed by atoms with Gasteiger partial charge < -0.3 is 15.5 Å². The molecule has 2 N–H and O–H groups in total. The summed E-state index contributed by atoms with van der Waals surface area (Å²) >= 11 is 0. The van der Waals surface area contributed by atoms with E-state index < -0.39 is 0 Å². The minimum Gasteiger partial charge on any atom is -0.371 e. The summed E-state index contributed by atoms with van der Waals surface area (Å²) < 4.78 is 0. The van der Waals surface area contributed by atoms with Crippen LogP contribution in [0.4, 0.5) is 17.2 Å². The monoisotopic (exact) mass is 624 g/mol. The van der Waals surface area contributed by atoms with Gasteiger partial charge in [-0.15, -0.1) is 0 Å². The number of hydroxylamine groups is 1. The maximum absolute atomic E-state index is 12.4. The van der Waals surface area contributed by atoms with E-state index in [4.69, 9.17) is 9.82 Å². The van der Waals surface area contributed by atoms with Gasteiger partial charge in [0.25, 0.3) is 0 Å². The number of aromatic nitrogens is 1. The fourth-order valence-electron chi connectivity index (χ4n) is 6.58. The SMILES string of the molecule is CCCCCCCCCCCCCCCCCC(=O)NCCCCON1c2c(c(NC)nc3ccccc23)N(C)C1CCCC. The Morgan fingerprint density at radius 2 is 1.38 bits per heavy atom. The molecule has 2 heterocycles. The minimum atomic E-state index is 0.134. The molecule has 45 heavy (non-hydrogen) atoms. The molecule has 0 saturated heterocycles. The van der Waals surface area contributed by atoms with Crippen LogP contribution in [0.3, 0.4) is 0 Å². The number of carbonyl (C=O) groups is 1. The predicted molar refractivity (Wildman–Crippen MR) is 193 cm³/mol. The first-order chi connectivity index (χ1) is 22.1. The highest BCUT2D eigenvalue weighted by molar-refractivity contribution is 6.04. The summed E-state index contributed by atoms with van der Waals surface area (Å²) in [4.78, 5) is 26.1. The molecule has 3 rings (SSSR count). The van der Waals surface area contributed by atoms with Gasteiger partial charge in [-0.2, -0.15) is 0 Å². The Kier molecular flexibility index (Phi) is 18.1. The molecule has 1 aromatic heterocycles. The molecular formula is C38H65N5O2. The zero-order valence-electron chi connectivity index (χ0n) is 29.3. The number of nitrogens with zero attached hydrogens (tertiary/aromatic N) is 3. The van der Waals surface area contributed by atoms with Crippen LogP contribution in [0, 0.1) is 0 Å². The smallest absolute Gasteiger partial charge is 0.219 e. The Hall–Kier alpha value is -2.54. The molecule has 1 aromatic carbocycles. The van der Waals surface area contributed by atoms with Gasteiger partial charge >= 0.3 is 0 Å². The van der Waals surface area contributed by atoms with Crippen LogP contribution in [0.2, 0.25) is 0 Å². The van der Waals surface area contributed by atoms with Gasteiger partial charge in [-0.1, -0.05) is 128 Å². The Morgan fingerprint density at radius 1 is 0.778 bits per heavy atom. The van der Waals surface area contributed by atoms with Gasteiger partial charge in [-0.3, -0.25) is 9.63 Å². The van der Waals surface area contributed by atoms with E-state index in [1.807, 2.05) is 13.1 Å². The van der Waals surface area contributed by atoms with Crippen molar-refractivity contribution in [1.82, 2.24) is 10.3 Å². The summed E-state index contributed by atoms with van der Waals surface area (Å²) in [5, 5.41) is 9.68. The molecule has 0 radical (unpaired) electrons. The van der Waals surface area contributed by atoms with Crippen molar-refractivity contribution in [2.45, 2.75) is 155 Å². The standard InChI is InChI=1S/C38H65N5O2/c1-5-7-9-10-11-12-13-14-15-16-17-18-19-20-21-28-34(44)40-30-24-25-31-45-43-35(29-8-6-2)42(4)37-36(43)32-26-22-23-27-33(32)41-38(37)39-3/h22-23,26-27,35H,5-21,24-25,28-31H2,1-4H3,(H,39,41)(H,40,44). The van der Waals surface area contributed by atoms with E-state index >= 15 is 0 Å². The van der Waals surface area contributed by atoms with Gasteiger partial charge in [-0.05, 0) is 38.2 Å². The van der Waals surface area contributed by atoms with Crippen LogP contribution in [-0.2, 0) is 9.63 Å². The summed E-state index contributed by atoms with van der Waals surface area (Å²) in [6.45, 7) is 5.86. The number of rotatable bonds is 26. The number of amides is 1. The lowest BCUT2D eigenvalue weighted by atomic mass is 10.0. The molecule has 1 aliphatic heterocycles. The lowest BCUT2D eigenvalue weighted by molar-refractivity contribution is -0.121. The number of fused-ring (bicyclic) bond motifs is 3. The van der Waals surface area contributed by atoms with E-state index in [0.717, 1.165) is 66.6 Å². The fraction of sp³-hybridized carbons (Fsp3) is 0.737. The Morgan fingerprint density at radius 3 is 2.00 bits per heavy atom. The van der Waals surface area contributed by atoms with Crippen molar-refractivity contribution in [2.24, 2.45) is 0 Å². The maximum Gasteiger partial charge on any atom is 0.219 e. The second-order valence-corrected chi connectivity index (χ2v) is 13.1. The first-order valence-electron chi connectivity index (χ1n) is 18.6. The maximum atomic E-state index is 12.4. The highest BCUT2D eigenvalue weighted by atomic mass is 16.7. The lowest BCUT2D eigenvalue weighted by Gasteiger charge is -2.30. The van der Waals surface area contributed by atoms with Crippen molar-refractivity contribution < 1.29 is 9.63 Å². The molecule has 0 spiro atoms. The van der Waals surface area contributed by atoms with E-state index in [-0.39, 0.29) is 12.1 Å². The highest BCUT2D eigenvalue weighted by Gasteiger charge is 2.38. The number of hydrogen-bond acceptors (Lipinski definition) is 6. The summed E-state index contributed by atoms with van der Waals surface area (Å²) in [7, 11) is 4.08. The number of carbonyl (C=O) groups excluding carboxylic acids is 1. The van der Waals surface area contributed by atoms with Gasteiger partial charge in [-0.25, -0.2) is 10.0 Å². The first-order valence-corrected chi connectivity index (χ1v) is 18.6. The molecule has 1 unspecified atom stereocenters. The second-order valence-electron chi connectivity index (χ2n) is 13.1. The van der Waals surface area contributed by atoms with Crippen molar-refractivity contribution in [3.8, 4) is 0 Å². The third-order valence-corrected chi connectivity index (χ3v) is 9.31. The second kappa shape index (κ2) is 22.1. The lowest BCUT2D eigenvalue weighted by Crippen LogP contribution is -2.41. The molecular weight excluding hydrogens is 558 g/mol. The Balaban J connectivity index is 1.26. The average molecular weight is 624 g/mol. The number of benzene rings is 1. The van der Waals surface area contributed by atoms with E-state index in [9.17, 15) is 4.79 Å². The molecule has 0 fully saturated rings. The average Bonchev–Trinajstić information content (AvgIpc) is 3.33. The van der Waals surface area contributed by atoms with Crippen molar-refractivity contribution in [2.75, 3.05) is 42.5 Å². The van der Waals surface area contributed by atoms with Crippen LogP contribution in [0.15, 0.2) is 24.3 Å². The van der Waals surface area contributed by atoms with Gasteiger partial charge in [0.05, 0.1) is 12.1 Å². The molecule has 7 nitrogen and oxygen atoms in total. The van der Waals surface area contributed by atoms with E-state index in [1.54, 1.807) is 0 Å². The van der Waals surface area contributed by atoms with E-state index in [0.29, 0.717) is 19.6 Å². The zero-order valence-corrected chi connectivity index (χ0v) is 29.3. The van der Waals surface area contributed by atoms with Crippen molar-refractivity contribution >= 4 is 34.0 Å². The molecule has 1 amide bonds. The number of hydrogen-bond donors (Lipinski definition) is 2. The number of pyridine rings is 1. The molecule has 254 valence electrons. The Labute approximate surface area is 275 Å². The highest BCUT2D eigenvalue weighted by Crippen LogP contribution is 2.48. The number of unbranched alkanes of at least 4 members (excludes halogenated alkanes) is 16. The summed E-state index contributed by atoms with van der Waals surface area (Å²) in [5.41, 5.74) is 3.17. The van der Waals surface area contributed by atoms with Crippen LogP contribution in [0.25, 0.3) is 10.9 Å². The van der Waals surface area contributed by atoms with Crippen molar-refractivity contribution in [3.63, 3.8) is 0 Å². The number of para-hydroxylation sites is 1. The zero-order chi connectivity index (χ0) is 32.1. The van der Waals surface area contributed by atoms with Gasteiger partial charge in [0.2, 0.25) is 5.91 Å². The summed E-state index contributed by atoms with van der Waals surface area (Å²) in [6.07, 6.45) is 26.1. The van der Waals surface area contributed by atoms with Crippen molar-refractivity contribution in [3.05, 3.63) is 24.3 Å². The van der Waals surface area contributed by atoms with Gasteiger partial charge in [0, 0.05) is 32.4 Å². The normalized spacial score (nSPS) is 14.4. The third-order valence-electron chi connectivity index (χ3n) is 9.31. The predicted octanol–water partition coefficient (Wildman–Crippen LogP) is 10.1. The van der Waals surface area contributed by atoms with Crippen LogP contribution in [0.5, 0.6) is 0 Å². The van der Waals surface area contributed by atoms with Gasteiger partial charge in [0.15, 0.2) is 5.82 Å². The number of nitrogens with one attached hydrogen (secondary N) is 2. The van der Waals surface area contributed by atoms with Crippen LogP contribution < -0.4 is 20.6 Å². The molecule has 1 aliphatic rings. The molecule has 0 aliphatic carbocycles. The Bertz CT molecular complexity index is 1090. The largest absolute Gasteiger partial charge is 0.371 e. The van der Waals surface area contributed by atoms with Crippen LogP contribution in [0.1, 0.15) is 149 Å². The summed E-state index contributed by atoms with van der Waals surface area (Å²) in [6, 6.07) is 8.31. The van der Waals surface area contributed by atoms with Crippen LogP contribution >= 0.6 is 0 Å². The van der Waals surface area contributed by atoms with Crippen molar-refractivity contribution in [1.29, 1.82) is 0 Å². The quantitative estimate of drug-likeness (QED) is 0.102. The number of anilines is 3. The molecule has 1 atom stereocenters. The fourth-order valence-corrected chi connectivity index (χ4v) is 6.58. The minimum absolute atomic E-state index is 0.134. The molecule has 2 aromatic rings. The molecule has 0 bridgehead atoms. The first kappa shape index (κ1) is 36.9. The topological polar surface area (TPSA) is 69.7 Å². The van der Waals surface area contributed by atoms with E-state index in [2.05, 4.69) is 59.7 Å². The van der Waals surface area contributed by atoms with Crippen LogP contribution in [-0.4, -0.2) is 44.3 Å².